The minimum absolute atomic E-state index is 0. The van der Waals surface area contributed by atoms with Crippen LogP contribution in [-0.2, 0) is 6.42 Å². The van der Waals surface area contributed by atoms with E-state index in [1.54, 1.807) is 14.2 Å². The van der Waals surface area contributed by atoms with Gasteiger partial charge in [-0.3, -0.25) is 0 Å². The highest BCUT2D eigenvalue weighted by Gasteiger charge is 2.08. The summed E-state index contributed by atoms with van der Waals surface area (Å²) < 4.78 is 10.5. The van der Waals surface area contributed by atoms with Crippen LogP contribution in [0.15, 0.2) is 18.2 Å². The molecular weight excluding hydrogens is 226 g/mol. The minimum atomic E-state index is 0. The lowest BCUT2D eigenvalue weighted by atomic mass is 10.0. The van der Waals surface area contributed by atoms with Crippen LogP contribution in [-0.4, -0.2) is 20.3 Å². The van der Waals surface area contributed by atoms with Crippen LogP contribution in [0.25, 0.3) is 0 Å². The summed E-state index contributed by atoms with van der Waals surface area (Å²) in [6, 6.07) is 5.95. The van der Waals surface area contributed by atoms with Crippen LogP contribution in [0.5, 0.6) is 11.5 Å². The second kappa shape index (κ2) is 7.36. The molecule has 0 fully saturated rings. The molecule has 0 aliphatic rings. The molecule has 0 amide bonds. The molecule has 4 heteroatoms. The molecule has 0 unspecified atom stereocenters. The molecule has 1 aromatic rings. The van der Waals surface area contributed by atoms with Crippen LogP contribution in [0.2, 0.25) is 0 Å². The maximum Gasteiger partial charge on any atom is 0.122 e. The molecule has 0 radical (unpaired) electrons. The number of benzene rings is 1. The van der Waals surface area contributed by atoms with E-state index in [-0.39, 0.29) is 18.4 Å². The van der Waals surface area contributed by atoms with Gasteiger partial charge in [0, 0.05) is 6.04 Å². The number of hydrogen-bond acceptors (Lipinski definition) is 3. The molecule has 0 bridgehead atoms. The average molecular weight is 246 g/mol. The third-order valence-corrected chi connectivity index (χ3v) is 2.49. The fourth-order valence-corrected chi connectivity index (χ4v) is 1.47. The van der Waals surface area contributed by atoms with Crippen molar-refractivity contribution in [3.8, 4) is 11.5 Å². The van der Waals surface area contributed by atoms with E-state index in [2.05, 4.69) is 6.92 Å². The van der Waals surface area contributed by atoms with Gasteiger partial charge in [0.15, 0.2) is 0 Å². The van der Waals surface area contributed by atoms with Gasteiger partial charge in [0.25, 0.3) is 0 Å². The van der Waals surface area contributed by atoms with Gasteiger partial charge in [0.2, 0.25) is 0 Å². The monoisotopic (exact) mass is 245 g/mol. The van der Waals surface area contributed by atoms with Crippen LogP contribution in [0.3, 0.4) is 0 Å². The van der Waals surface area contributed by atoms with Crippen LogP contribution in [0.4, 0.5) is 0 Å². The van der Waals surface area contributed by atoms with Gasteiger partial charge >= 0.3 is 0 Å². The fraction of sp³-hybridized carbons (Fsp3) is 0.500. The molecule has 0 saturated heterocycles. The summed E-state index contributed by atoms with van der Waals surface area (Å²) in [5, 5.41) is 0. The maximum atomic E-state index is 5.92. The van der Waals surface area contributed by atoms with E-state index in [1.165, 1.54) is 0 Å². The molecule has 1 rings (SSSR count). The fourth-order valence-electron chi connectivity index (χ4n) is 1.47. The first kappa shape index (κ1) is 15.1. The highest BCUT2D eigenvalue weighted by molar-refractivity contribution is 5.85. The van der Waals surface area contributed by atoms with Crippen molar-refractivity contribution in [2.75, 3.05) is 14.2 Å². The van der Waals surface area contributed by atoms with Gasteiger partial charge in [-0.25, -0.2) is 0 Å². The van der Waals surface area contributed by atoms with Gasteiger partial charge in [-0.05, 0) is 36.6 Å². The number of nitrogens with two attached hydrogens (primary N) is 1. The quantitative estimate of drug-likeness (QED) is 0.867. The van der Waals surface area contributed by atoms with E-state index >= 15 is 0 Å². The first-order valence-electron chi connectivity index (χ1n) is 5.17. The summed E-state index contributed by atoms with van der Waals surface area (Å²) in [7, 11) is 3.33. The lowest BCUT2D eigenvalue weighted by Gasteiger charge is -2.13. The third kappa shape index (κ3) is 3.91. The zero-order valence-electron chi connectivity index (χ0n) is 10.0. The Morgan fingerprint density at radius 2 is 1.94 bits per heavy atom. The van der Waals surface area contributed by atoms with Crippen molar-refractivity contribution in [3.05, 3.63) is 23.8 Å². The SMILES string of the molecule is CC[C@@H](N)Cc1cc(OC)ccc1OC.Cl. The van der Waals surface area contributed by atoms with Crippen molar-refractivity contribution >= 4 is 12.4 Å². The molecule has 2 N–H and O–H groups in total. The average Bonchev–Trinajstić information content (AvgIpc) is 2.28. The molecule has 1 atom stereocenters. The van der Waals surface area contributed by atoms with E-state index in [0.29, 0.717) is 0 Å². The largest absolute Gasteiger partial charge is 0.497 e. The first-order valence-corrected chi connectivity index (χ1v) is 5.17. The number of halogens is 1. The normalized spacial score (nSPS) is 11.5. The molecule has 1 aromatic carbocycles. The Hall–Kier alpha value is -0.930. The molecule has 92 valence electrons. The number of hydrogen-bond donors (Lipinski definition) is 1. The minimum Gasteiger partial charge on any atom is -0.497 e. The van der Waals surface area contributed by atoms with E-state index < -0.39 is 0 Å². The topological polar surface area (TPSA) is 44.5 Å². The summed E-state index contributed by atoms with van der Waals surface area (Å²) in [4.78, 5) is 0. The molecule has 0 heterocycles. The first-order chi connectivity index (χ1) is 7.21. The second-order valence-electron chi connectivity index (χ2n) is 3.55. The van der Waals surface area contributed by atoms with Crippen molar-refractivity contribution in [3.63, 3.8) is 0 Å². The highest BCUT2D eigenvalue weighted by atomic mass is 35.5. The van der Waals surface area contributed by atoms with E-state index in [4.69, 9.17) is 15.2 Å². The second-order valence-corrected chi connectivity index (χ2v) is 3.55. The lowest BCUT2D eigenvalue weighted by Crippen LogP contribution is -2.21. The number of rotatable bonds is 5. The Morgan fingerprint density at radius 3 is 2.44 bits per heavy atom. The Morgan fingerprint density at radius 1 is 1.25 bits per heavy atom. The summed E-state index contributed by atoms with van der Waals surface area (Å²) in [6.07, 6.45) is 1.78. The zero-order chi connectivity index (χ0) is 11.3. The van der Waals surface area contributed by atoms with Crippen molar-refractivity contribution < 1.29 is 9.47 Å². The predicted molar refractivity (Wildman–Crippen MR) is 68.8 cm³/mol. The molecule has 0 aliphatic heterocycles. The Balaban J connectivity index is 0.00000225. The lowest BCUT2D eigenvalue weighted by molar-refractivity contribution is 0.397. The molecule has 16 heavy (non-hydrogen) atoms. The van der Waals surface area contributed by atoms with Crippen LogP contribution < -0.4 is 15.2 Å². The summed E-state index contributed by atoms with van der Waals surface area (Å²) in [5.74, 6) is 1.72. The summed E-state index contributed by atoms with van der Waals surface area (Å²) in [5.41, 5.74) is 7.03. The molecule has 0 aliphatic carbocycles. The molecule has 0 saturated carbocycles. The number of ether oxygens (including phenoxy) is 2. The van der Waals surface area contributed by atoms with Gasteiger partial charge in [-0.1, -0.05) is 6.92 Å². The summed E-state index contributed by atoms with van der Waals surface area (Å²) >= 11 is 0. The van der Waals surface area contributed by atoms with Crippen LogP contribution >= 0.6 is 12.4 Å². The van der Waals surface area contributed by atoms with Crippen LogP contribution in [0.1, 0.15) is 18.9 Å². The van der Waals surface area contributed by atoms with Crippen molar-refractivity contribution in [1.82, 2.24) is 0 Å². The predicted octanol–water partition coefficient (Wildman–Crippen LogP) is 2.41. The van der Waals surface area contributed by atoms with Gasteiger partial charge in [0.05, 0.1) is 14.2 Å². The standard InChI is InChI=1S/C12H19NO2.ClH/c1-4-10(13)7-9-8-11(14-2)5-6-12(9)15-3;/h5-6,8,10H,4,7,13H2,1-3H3;1H/t10-;/m1./s1. The van der Waals surface area contributed by atoms with Gasteiger partial charge in [-0.2, -0.15) is 0 Å². The molecule has 0 aromatic heterocycles. The van der Waals surface area contributed by atoms with E-state index in [1.807, 2.05) is 18.2 Å². The highest BCUT2D eigenvalue weighted by Crippen LogP contribution is 2.25. The maximum absolute atomic E-state index is 5.92. The van der Waals surface area contributed by atoms with Crippen LogP contribution in [0, 0.1) is 0 Å². The van der Waals surface area contributed by atoms with Gasteiger partial charge in [-0.15, -0.1) is 12.4 Å². The molecular formula is C12H20ClNO2. The third-order valence-electron chi connectivity index (χ3n) is 2.49. The van der Waals surface area contributed by atoms with Gasteiger partial charge < -0.3 is 15.2 Å². The van der Waals surface area contributed by atoms with Crippen molar-refractivity contribution in [2.24, 2.45) is 5.73 Å². The van der Waals surface area contributed by atoms with Crippen molar-refractivity contribution in [1.29, 1.82) is 0 Å². The Bertz CT molecular complexity index is 318. The summed E-state index contributed by atoms with van der Waals surface area (Å²) in [6.45, 7) is 2.08. The van der Waals surface area contributed by atoms with Gasteiger partial charge in [0.1, 0.15) is 11.5 Å². The number of methoxy groups -OCH3 is 2. The Kier molecular flexibility index (Phi) is 6.93. The van der Waals surface area contributed by atoms with E-state index in [0.717, 1.165) is 29.9 Å². The molecule has 0 spiro atoms. The molecule has 3 nitrogen and oxygen atoms in total. The smallest absolute Gasteiger partial charge is 0.122 e. The zero-order valence-corrected chi connectivity index (χ0v) is 10.8. The van der Waals surface area contributed by atoms with Crippen molar-refractivity contribution in [2.45, 2.75) is 25.8 Å². The van der Waals surface area contributed by atoms with E-state index in [9.17, 15) is 0 Å². The Labute approximate surface area is 103 Å².